The Bertz CT molecular complexity index is 2060. The highest BCUT2D eigenvalue weighted by Gasteiger charge is 2.50. The fourth-order valence-corrected chi connectivity index (χ4v) is 10.4. The molecule has 0 nitrogen and oxygen atoms in total. The van der Waals surface area contributed by atoms with Gasteiger partial charge in [0, 0.05) is 39.5 Å². The summed E-state index contributed by atoms with van der Waals surface area (Å²) in [6.45, 7) is 29.5. The van der Waals surface area contributed by atoms with E-state index in [-0.39, 0.29) is 40.7 Å². The summed E-state index contributed by atoms with van der Waals surface area (Å²) in [5.41, 5.74) is -11.0. The van der Waals surface area contributed by atoms with Crippen LogP contribution in [-0.4, -0.2) is 28.8 Å². The maximum atomic E-state index is 13.7. The molecule has 0 aliphatic heterocycles. The fourth-order valence-electron chi connectivity index (χ4n) is 5.98. The molecule has 0 unspecified atom stereocenters. The second-order valence-corrected chi connectivity index (χ2v) is 25.7. The van der Waals surface area contributed by atoms with Gasteiger partial charge in [-0.1, -0.05) is 97.4 Å². The molecular formula is C51H71F17S4. The van der Waals surface area contributed by atoms with Gasteiger partial charge in [0.15, 0.2) is 40.7 Å². The van der Waals surface area contributed by atoms with E-state index in [1.807, 2.05) is 53.3 Å². The zero-order chi connectivity index (χ0) is 56.4. The van der Waals surface area contributed by atoms with E-state index in [9.17, 15) is 74.6 Å². The number of benzene rings is 3. The maximum absolute atomic E-state index is 13.7. The lowest BCUT2D eigenvalue weighted by atomic mass is 9.87. The molecule has 0 spiro atoms. The highest BCUT2D eigenvalue weighted by Crippen LogP contribution is 2.50. The van der Waals surface area contributed by atoms with Gasteiger partial charge in [0.1, 0.15) is 5.82 Å². The highest BCUT2D eigenvalue weighted by atomic mass is 32.2. The van der Waals surface area contributed by atoms with Crippen molar-refractivity contribution in [2.24, 2.45) is 21.7 Å². The number of rotatable bonds is 11. The molecule has 21 heteroatoms. The summed E-state index contributed by atoms with van der Waals surface area (Å²) in [4.78, 5) is 0. The highest BCUT2D eigenvalue weighted by molar-refractivity contribution is 7.99. The summed E-state index contributed by atoms with van der Waals surface area (Å²) in [6, 6.07) is 0. The van der Waals surface area contributed by atoms with Crippen molar-refractivity contribution in [1.29, 1.82) is 0 Å². The molecule has 0 aromatic heterocycles. The van der Waals surface area contributed by atoms with E-state index in [1.54, 1.807) is 20.8 Å². The van der Waals surface area contributed by atoms with Crippen LogP contribution < -0.4 is 0 Å². The molecule has 0 aliphatic rings. The van der Waals surface area contributed by atoms with Crippen LogP contribution >= 0.6 is 47.0 Å². The summed E-state index contributed by atoms with van der Waals surface area (Å²) in [5.74, 6) is -7.03. The Morgan fingerprint density at radius 3 is 0.847 bits per heavy atom. The largest absolute Gasteiger partial charge is 0.417 e. The number of hydrogen-bond acceptors (Lipinski definition) is 4. The summed E-state index contributed by atoms with van der Waals surface area (Å²) in [6.07, 6.45) is -16.2. The molecular weight excluding hydrogens is 1060 g/mol. The first kappa shape index (κ1) is 71.9. The Balaban J connectivity index is 0. The number of alkyl halides is 9. The average molecular weight is 1140 g/mol. The second kappa shape index (κ2) is 28.3. The normalized spacial score (nSPS) is 12.6. The SMILES string of the molecule is C.CCSCC(C)(C)C.Cc1c(CSCC(C)(C)C)c(C(F)(F)F)c(C)c(C(F)(F)F)c1C(F)(F)F.Cc1c(F)c(F)c(CSCC(C)(C)C)c(F)c1F.Cc1c(F)c(F)c(F)c(CSCC(C)(C)C)c1F. The molecule has 3 rings (SSSR count). The molecule has 0 atom stereocenters. The molecule has 418 valence electrons. The van der Waals surface area contributed by atoms with Crippen LogP contribution in [-0.2, 0) is 35.8 Å². The zero-order valence-corrected chi connectivity index (χ0v) is 46.5. The first-order valence-corrected chi connectivity index (χ1v) is 26.6. The zero-order valence-electron chi connectivity index (χ0n) is 43.2. The second-order valence-electron chi connectivity index (χ2n) is 21.4. The summed E-state index contributed by atoms with van der Waals surface area (Å²) >= 11 is 5.51. The molecule has 0 bridgehead atoms. The van der Waals surface area contributed by atoms with Crippen LogP contribution in [0.3, 0.4) is 0 Å². The molecule has 0 radical (unpaired) electrons. The lowest BCUT2D eigenvalue weighted by Crippen LogP contribution is -2.25. The molecule has 72 heavy (non-hydrogen) atoms. The first-order valence-electron chi connectivity index (χ1n) is 22.0. The van der Waals surface area contributed by atoms with Crippen molar-refractivity contribution < 1.29 is 74.6 Å². The van der Waals surface area contributed by atoms with Crippen molar-refractivity contribution in [3.63, 3.8) is 0 Å². The van der Waals surface area contributed by atoms with E-state index >= 15 is 0 Å². The lowest BCUT2D eigenvalue weighted by molar-refractivity contribution is -0.164. The predicted octanol–water partition coefficient (Wildman–Crippen LogP) is 20.7. The van der Waals surface area contributed by atoms with E-state index in [4.69, 9.17) is 0 Å². The Labute approximate surface area is 433 Å². The lowest BCUT2D eigenvalue weighted by Gasteiger charge is -2.27. The van der Waals surface area contributed by atoms with Crippen molar-refractivity contribution in [2.45, 2.75) is 161 Å². The summed E-state index contributed by atoms with van der Waals surface area (Å²) < 4.78 is 227. The van der Waals surface area contributed by atoms with Gasteiger partial charge in [-0.2, -0.15) is 86.6 Å². The van der Waals surface area contributed by atoms with Gasteiger partial charge in [-0.25, -0.2) is 35.1 Å². The molecule has 0 fully saturated rings. The summed E-state index contributed by atoms with van der Waals surface area (Å²) in [5, 5.41) is 0. The molecule has 0 saturated carbocycles. The maximum Gasteiger partial charge on any atom is 0.417 e. The monoisotopic (exact) mass is 1130 g/mol. The minimum atomic E-state index is -5.57. The molecule has 0 aliphatic carbocycles. The van der Waals surface area contributed by atoms with Gasteiger partial charge in [0.25, 0.3) is 0 Å². The van der Waals surface area contributed by atoms with Crippen LogP contribution in [0.1, 0.15) is 153 Å². The third kappa shape index (κ3) is 23.4. The Kier molecular flexibility index (Phi) is 28.3. The van der Waals surface area contributed by atoms with Crippen molar-refractivity contribution >= 4 is 47.0 Å². The predicted molar refractivity (Wildman–Crippen MR) is 269 cm³/mol. The van der Waals surface area contributed by atoms with Gasteiger partial charge in [0.2, 0.25) is 0 Å². The summed E-state index contributed by atoms with van der Waals surface area (Å²) in [7, 11) is 0. The van der Waals surface area contributed by atoms with E-state index in [0.29, 0.717) is 36.5 Å². The fraction of sp³-hybridized carbons (Fsp3) is 0.647. The smallest absolute Gasteiger partial charge is 0.206 e. The van der Waals surface area contributed by atoms with Gasteiger partial charge < -0.3 is 0 Å². The topological polar surface area (TPSA) is 0 Å². The number of hydrogen-bond donors (Lipinski definition) is 0. The van der Waals surface area contributed by atoms with Gasteiger partial charge >= 0.3 is 18.5 Å². The Morgan fingerprint density at radius 1 is 0.306 bits per heavy atom. The van der Waals surface area contributed by atoms with Gasteiger partial charge in [-0.05, 0) is 94.8 Å². The average Bonchev–Trinajstić information content (AvgIpc) is 3.18. The van der Waals surface area contributed by atoms with Crippen LogP contribution in [0.5, 0.6) is 0 Å². The van der Waals surface area contributed by atoms with E-state index in [2.05, 4.69) is 27.7 Å². The van der Waals surface area contributed by atoms with Crippen molar-refractivity contribution in [3.05, 3.63) is 102 Å². The minimum absolute atomic E-state index is 0. The van der Waals surface area contributed by atoms with Crippen molar-refractivity contribution in [1.82, 2.24) is 0 Å². The molecule has 0 N–H and O–H groups in total. The van der Waals surface area contributed by atoms with Crippen LogP contribution in [0.2, 0.25) is 0 Å². The van der Waals surface area contributed by atoms with Gasteiger partial charge in [-0.3, -0.25) is 0 Å². The van der Waals surface area contributed by atoms with Crippen LogP contribution in [0.15, 0.2) is 0 Å². The number of halogens is 17. The van der Waals surface area contributed by atoms with Crippen molar-refractivity contribution in [3.8, 4) is 0 Å². The first-order chi connectivity index (χ1) is 31.6. The molecule has 0 heterocycles. The molecule has 0 amide bonds. The standard InChI is InChI=1S/C17H19F9S.2C13H16F4S.C7H16S.CH4/c1-8-10(6-27-7-14(3,4)5)11(15(18,19)20)9(2)13(17(24,25)26)12(8)16(21,22)23;1-7-9(14)11(16)8(12(17)10(7)15)5-18-6-13(2,3)4;1-7-9(14)8(5-18-6-13(2,3)4)11(16)12(17)10(7)15;1-5-8-6-7(2,3)4;/h6-7H2,1-5H3;2*5-6H2,1-4H3;5-6H2,1-4H3;1H4. The Hall–Kier alpha value is -2.13. The van der Waals surface area contributed by atoms with E-state index in [1.165, 1.54) is 35.0 Å². The van der Waals surface area contributed by atoms with E-state index < -0.39 is 121 Å². The number of thioether (sulfide) groups is 4. The van der Waals surface area contributed by atoms with E-state index in [0.717, 1.165) is 25.6 Å². The quantitative estimate of drug-likeness (QED) is 0.107. The van der Waals surface area contributed by atoms with Gasteiger partial charge in [-0.15, -0.1) is 0 Å². The third-order valence-corrected chi connectivity index (χ3v) is 15.4. The van der Waals surface area contributed by atoms with Crippen LogP contribution in [0.4, 0.5) is 74.6 Å². The molecule has 3 aromatic rings. The molecule has 3 aromatic carbocycles. The van der Waals surface area contributed by atoms with Gasteiger partial charge in [0.05, 0.1) is 16.7 Å². The van der Waals surface area contributed by atoms with Crippen LogP contribution in [0.25, 0.3) is 0 Å². The van der Waals surface area contributed by atoms with Crippen LogP contribution in [0, 0.1) is 95.9 Å². The minimum Gasteiger partial charge on any atom is -0.206 e. The molecule has 0 saturated heterocycles. The Morgan fingerprint density at radius 2 is 0.556 bits per heavy atom. The van der Waals surface area contributed by atoms with Crippen molar-refractivity contribution in [2.75, 3.05) is 28.8 Å². The third-order valence-electron chi connectivity index (χ3n) is 9.21.